The van der Waals surface area contributed by atoms with Crippen LogP contribution in [-0.4, -0.2) is 62.8 Å². The first-order chi connectivity index (χ1) is 16.7. The number of carboxylic acid groups (broad SMARTS) is 1. The summed E-state index contributed by atoms with van der Waals surface area (Å²) in [5.41, 5.74) is -5.65. The van der Waals surface area contributed by atoms with E-state index in [1.54, 1.807) is 26.8 Å². The predicted octanol–water partition coefficient (Wildman–Crippen LogP) is 2.70. The Balaban J connectivity index is 1.58. The van der Waals surface area contributed by atoms with Gasteiger partial charge < -0.3 is 20.1 Å². The van der Waals surface area contributed by atoms with Gasteiger partial charge in [-0.15, -0.1) is 0 Å². The SMILES string of the molecule is C[C@@H]1C[C@H]2[C@@H]3CCC4=CC(=O)C=C[C@]4(C)[C@@]3(F)[C@@H](O)C[C@]2(C)[C@@]1(O)C(=O)COC(=O)CCCC(=O)O. The molecule has 0 radical (unpaired) electrons. The number of esters is 1. The van der Waals surface area contributed by atoms with E-state index in [4.69, 9.17) is 9.84 Å². The summed E-state index contributed by atoms with van der Waals surface area (Å²) >= 11 is 0. The highest BCUT2D eigenvalue weighted by Crippen LogP contribution is 2.70. The van der Waals surface area contributed by atoms with Crippen molar-refractivity contribution in [3.8, 4) is 0 Å². The summed E-state index contributed by atoms with van der Waals surface area (Å²) in [6, 6.07) is 0. The fourth-order valence-corrected chi connectivity index (χ4v) is 7.85. The van der Waals surface area contributed by atoms with Crippen LogP contribution in [0.5, 0.6) is 0 Å². The van der Waals surface area contributed by atoms with Gasteiger partial charge in [-0.3, -0.25) is 19.2 Å². The lowest BCUT2D eigenvalue weighted by Crippen LogP contribution is -2.69. The molecule has 4 aliphatic carbocycles. The van der Waals surface area contributed by atoms with E-state index in [2.05, 4.69) is 0 Å². The first-order valence-corrected chi connectivity index (χ1v) is 12.7. The van der Waals surface area contributed by atoms with Gasteiger partial charge in [-0.1, -0.05) is 25.5 Å². The highest BCUT2D eigenvalue weighted by molar-refractivity contribution is 6.01. The van der Waals surface area contributed by atoms with Crippen LogP contribution in [-0.2, 0) is 23.9 Å². The number of ketones is 2. The van der Waals surface area contributed by atoms with Crippen LogP contribution < -0.4 is 0 Å². The van der Waals surface area contributed by atoms with E-state index in [1.807, 2.05) is 0 Å². The molecule has 0 spiro atoms. The average molecular weight is 507 g/mol. The number of aliphatic hydroxyl groups excluding tert-OH is 1. The van der Waals surface area contributed by atoms with Crippen LogP contribution in [0, 0.1) is 28.6 Å². The third-order valence-electron chi connectivity index (χ3n) is 9.78. The van der Waals surface area contributed by atoms with Gasteiger partial charge in [0.15, 0.2) is 18.1 Å². The summed E-state index contributed by atoms with van der Waals surface area (Å²) in [7, 11) is 0. The second-order valence-corrected chi connectivity index (χ2v) is 11.5. The molecule has 0 aromatic heterocycles. The summed E-state index contributed by atoms with van der Waals surface area (Å²) in [4.78, 5) is 47.9. The molecule has 0 bridgehead atoms. The minimum Gasteiger partial charge on any atom is -0.481 e. The minimum atomic E-state index is -2.07. The number of carboxylic acids is 1. The Kier molecular flexibility index (Phi) is 6.57. The van der Waals surface area contributed by atoms with Gasteiger partial charge in [0, 0.05) is 29.6 Å². The van der Waals surface area contributed by atoms with Crippen molar-refractivity contribution in [2.75, 3.05) is 6.61 Å². The maximum Gasteiger partial charge on any atom is 0.306 e. The third-order valence-corrected chi connectivity index (χ3v) is 9.78. The van der Waals surface area contributed by atoms with Crippen LogP contribution in [0.2, 0.25) is 0 Å². The number of hydrogen-bond acceptors (Lipinski definition) is 7. The van der Waals surface area contributed by atoms with Gasteiger partial charge in [-0.2, -0.15) is 0 Å². The van der Waals surface area contributed by atoms with Crippen LogP contribution in [0.25, 0.3) is 0 Å². The number of carbonyl (C=O) groups is 4. The zero-order valence-electron chi connectivity index (χ0n) is 21.0. The molecule has 9 heteroatoms. The number of fused-ring (bicyclic) bond motifs is 5. The molecule has 4 aliphatic rings. The van der Waals surface area contributed by atoms with Crippen molar-refractivity contribution in [1.29, 1.82) is 0 Å². The van der Waals surface area contributed by atoms with Crippen molar-refractivity contribution in [1.82, 2.24) is 0 Å². The molecule has 0 unspecified atom stereocenters. The molecule has 0 saturated heterocycles. The third kappa shape index (κ3) is 3.61. The van der Waals surface area contributed by atoms with Crippen molar-refractivity contribution < 1.29 is 43.6 Å². The lowest BCUT2D eigenvalue weighted by atomic mass is 9.44. The summed E-state index contributed by atoms with van der Waals surface area (Å²) in [5, 5.41) is 31.9. The highest BCUT2D eigenvalue weighted by atomic mass is 19.1. The Labute approximate surface area is 209 Å². The smallest absolute Gasteiger partial charge is 0.306 e. The number of aliphatic hydroxyl groups is 2. The molecule has 8 atom stereocenters. The molecule has 198 valence electrons. The second-order valence-electron chi connectivity index (χ2n) is 11.5. The molecule has 0 amide bonds. The lowest BCUT2D eigenvalue weighted by Gasteiger charge is -2.62. The molecule has 4 rings (SSSR count). The lowest BCUT2D eigenvalue weighted by molar-refractivity contribution is -0.220. The summed E-state index contributed by atoms with van der Waals surface area (Å²) in [6.45, 7) is 4.47. The molecular weight excluding hydrogens is 471 g/mol. The Morgan fingerprint density at radius 2 is 1.89 bits per heavy atom. The molecule has 0 aromatic rings. The minimum absolute atomic E-state index is 0.0739. The summed E-state index contributed by atoms with van der Waals surface area (Å²) in [6.07, 6.45) is 3.65. The number of ether oxygens (including phenoxy) is 1. The predicted molar refractivity (Wildman–Crippen MR) is 125 cm³/mol. The van der Waals surface area contributed by atoms with Gasteiger partial charge >= 0.3 is 11.9 Å². The van der Waals surface area contributed by atoms with Gasteiger partial charge in [0.2, 0.25) is 5.78 Å². The van der Waals surface area contributed by atoms with E-state index >= 15 is 4.39 Å². The van der Waals surface area contributed by atoms with Crippen molar-refractivity contribution >= 4 is 23.5 Å². The number of hydrogen-bond donors (Lipinski definition) is 3. The van der Waals surface area contributed by atoms with Crippen LogP contribution in [0.3, 0.4) is 0 Å². The molecule has 3 saturated carbocycles. The van der Waals surface area contributed by atoms with Gasteiger partial charge in [0.25, 0.3) is 0 Å². The molecular formula is C27H35FO8. The number of halogens is 1. The first kappa shape index (κ1) is 26.7. The standard InChI is InChI=1S/C27H35FO8/c1-15-11-19-18-8-7-16-12-17(29)9-10-24(16,2)26(18,28)20(30)13-25(19,3)27(15,35)21(31)14-36-23(34)6-4-5-22(32)33/h9-10,12,15,18-20,30,35H,4-8,11,13-14H2,1-3H3,(H,32,33)/t15-,18+,19+,20+,24+,25+,26+,27+/m1/s1. The summed E-state index contributed by atoms with van der Waals surface area (Å²) < 4.78 is 22.2. The Morgan fingerprint density at radius 1 is 1.19 bits per heavy atom. The zero-order chi connectivity index (χ0) is 26.7. The van der Waals surface area contributed by atoms with E-state index in [0.29, 0.717) is 24.8 Å². The molecule has 36 heavy (non-hydrogen) atoms. The molecule has 3 N–H and O–H groups in total. The maximum atomic E-state index is 17.1. The van der Waals surface area contributed by atoms with Crippen molar-refractivity contribution in [2.24, 2.45) is 28.6 Å². The second kappa shape index (κ2) is 8.87. The van der Waals surface area contributed by atoms with E-state index in [1.165, 1.54) is 12.2 Å². The molecule has 8 nitrogen and oxygen atoms in total. The van der Waals surface area contributed by atoms with E-state index in [0.717, 1.165) is 0 Å². The number of rotatable bonds is 7. The van der Waals surface area contributed by atoms with Gasteiger partial charge in [0.05, 0.1) is 6.10 Å². The highest BCUT2D eigenvalue weighted by Gasteiger charge is 2.75. The van der Waals surface area contributed by atoms with E-state index in [9.17, 15) is 29.4 Å². The molecule has 3 fully saturated rings. The monoisotopic (exact) mass is 506 g/mol. The average Bonchev–Trinajstić information content (AvgIpc) is 3.00. The van der Waals surface area contributed by atoms with Crippen molar-refractivity contribution in [3.63, 3.8) is 0 Å². The van der Waals surface area contributed by atoms with E-state index in [-0.39, 0.29) is 31.5 Å². The van der Waals surface area contributed by atoms with Crippen LogP contribution in [0.1, 0.15) is 65.7 Å². The van der Waals surface area contributed by atoms with Crippen LogP contribution in [0.4, 0.5) is 4.39 Å². The number of aliphatic carboxylic acids is 1. The number of carbonyl (C=O) groups excluding carboxylic acids is 3. The summed E-state index contributed by atoms with van der Waals surface area (Å²) in [5.74, 6) is -4.29. The zero-order valence-corrected chi connectivity index (χ0v) is 21.0. The normalized spacial score (nSPS) is 43.2. The molecule has 0 heterocycles. The van der Waals surface area contributed by atoms with Crippen LogP contribution >= 0.6 is 0 Å². The number of alkyl halides is 1. The molecule has 0 aromatic carbocycles. The largest absolute Gasteiger partial charge is 0.481 e. The van der Waals surface area contributed by atoms with E-state index < -0.39 is 70.3 Å². The van der Waals surface area contributed by atoms with Crippen LogP contribution in [0.15, 0.2) is 23.8 Å². The van der Waals surface area contributed by atoms with Gasteiger partial charge in [0.1, 0.15) is 5.60 Å². The van der Waals surface area contributed by atoms with Crippen molar-refractivity contribution in [2.45, 2.75) is 83.1 Å². The number of allylic oxidation sites excluding steroid dienone is 4. The molecule has 0 aliphatic heterocycles. The first-order valence-electron chi connectivity index (χ1n) is 12.7. The Morgan fingerprint density at radius 3 is 2.56 bits per heavy atom. The van der Waals surface area contributed by atoms with Gasteiger partial charge in [-0.05, 0) is 63.0 Å². The fourth-order valence-electron chi connectivity index (χ4n) is 7.85. The fraction of sp³-hybridized carbons (Fsp3) is 0.704. The topological polar surface area (TPSA) is 138 Å². The maximum absolute atomic E-state index is 17.1. The van der Waals surface area contributed by atoms with Crippen molar-refractivity contribution in [3.05, 3.63) is 23.8 Å². The quantitative estimate of drug-likeness (QED) is 0.448. The Bertz CT molecular complexity index is 1050. The Hall–Kier alpha value is -2.39. The number of Topliss-reactive ketones (excluding diaryl/α,β-unsaturated/α-hetero) is 1. The van der Waals surface area contributed by atoms with Gasteiger partial charge in [-0.25, -0.2) is 4.39 Å².